The van der Waals surface area contributed by atoms with Crippen LogP contribution in [0.3, 0.4) is 0 Å². The predicted octanol–water partition coefficient (Wildman–Crippen LogP) is 0.760. The van der Waals surface area contributed by atoms with Crippen molar-refractivity contribution in [3.05, 3.63) is 65.5 Å². The molecule has 3 rings (SSSR count). The van der Waals surface area contributed by atoms with Crippen LogP contribution < -0.4 is 15.4 Å². The van der Waals surface area contributed by atoms with Gasteiger partial charge >= 0.3 is 0 Å². The van der Waals surface area contributed by atoms with Gasteiger partial charge in [0.2, 0.25) is 5.91 Å². The molecule has 8 nitrogen and oxygen atoms in total. The fourth-order valence-electron chi connectivity index (χ4n) is 3.26. The molecule has 9 heteroatoms. The van der Waals surface area contributed by atoms with Crippen molar-refractivity contribution in [2.24, 2.45) is 0 Å². The molecule has 0 aromatic heterocycles. The van der Waals surface area contributed by atoms with E-state index >= 15 is 0 Å². The van der Waals surface area contributed by atoms with Crippen molar-refractivity contribution < 1.29 is 33.7 Å². The molecule has 0 unspecified atom stereocenters. The first-order chi connectivity index (χ1) is 14.9. The zero-order valence-electron chi connectivity index (χ0n) is 17.0. The maximum Gasteiger partial charge on any atom is 0.251 e. The summed E-state index contributed by atoms with van der Waals surface area (Å²) in [4.78, 5) is 24.4. The molecule has 0 radical (unpaired) electrons. The van der Waals surface area contributed by atoms with E-state index in [1.165, 1.54) is 19.2 Å². The Morgan fingerprint density at radius 3 is 2.29 bits per heavy atom. The first kappa shape index (κ1) is 22.7. The first-order valence-electron chi connectivity index (χ1n) is 9.82. The molecule has 4 atom stereocenters. The predicted molar refractivity (Wildman–Crippen MR) is 109 cm³/mol. The molecule has 1 fully saturated rings. The minimum Gasteiger partial charge on any atom is -0.497 e. The summed E-state index contributed by atoms with van der Waals surface area (Å²) in [5.74, 6) is -0.497. The Labute approximate surface area is 179 Å². The van der Waals surface area contributed by atoms with Crippen molar-refractivity contribution >= 4 is 11.8 Å². The third kappa shape index (κ3) is 6.00. The second kappa shape index (κ2) is 10.3. The average molecular weight is 432 g/mol. The minimum atomic E-state index is -1.26. The number of aliphatic hydroxyl groups is 2. The topological polar surface area (TPSA) is 117 Å². The molecule has 0 aliphatic carbocycles. The van der Waals surface area contributed by atoms with Gasteiger partial charge in [0.05, 0.1) is 19.6 Å². The highest BCUT2D eigenvalue weighted by molar-refractivity contribution is 5.94. The van der Waals surface area contributed by atoms with Crippen molar-refractivity contribution in [1.29, 1.82) is 0 Å². The minimum absolute atomic E-state index is 0.0310. The van der Waals surface area contributed by atoms with Gasteiger partial charge < -0.3 is 30.3 Å². The fourth-order valence-corrected chi connectivity index (χ4v) is 3.26. The molecule has 2 aromatic rings. The number of hydrogen-bond acceptors (Lipinski definition) is 6. The molecule has 2 aromatic carbocycles. The Morgan fingerprint density at radius 2 is 1.65 bits per heavy atom. The lowest BCUT2D eigenvalue weighted by Gasteiger charge is -2.15. The largest absolute Gasteiger partial charge is 0.497 e. The fraction of sp³-hybridized carbons (Fsp3) is 0.364. The molecule has 31 heavy (non-hydrogen) atoms. The van der Waals surface area contributed by atoms with E-state index in [2.05, 4.69) is 10.6 Å². The number of carbonyl (C=O) groups is 2. The van der Waals surface area contributed by atoms with E-state index in [9.17, 15) is 24.2 Å². The Morgan fingerprint density at radius 1 is 1.00 bits per heavy atom. The van der Waals surface area contributed by atoms with Crippen molar-refractivity contribution in [2.45, 2.75) is 37.4 Å². The molecule has 0 bridgehead atoms. The normalized spacial score (nSPS) is 22.7. The molecule has 0 saturated carbocycles. The van der Waals surface area contributed by atoms with Crippen LogP contribution in [0.15, 0.2) is 48.5 Å². The molecule has 1 aliphatic rings. The number of amides is 2. The number of aliphatic hydroxyl groups excluding tert-OH is 2. The van der Waals surface area contributed by atoms with Crippen molar-refractivity contribution in [3.63, 3.8) is 0 Å². The molecular formula is C22H25FN2O6. The van der Waals surface area contributed by atoms with Crippen LogP contribution in [0.1, 0.15) is 22.3 Å². The van der Waals surface area contributed by atoms with Gasteiger partial charge in [-0.15, -0.1) is 0 Å². The van der Waals surface area contributed by atoms with Gasteiger partial charge in [-0.3, -0.25) is 9.59 Å². The molecule has 0 spiro atoms. The smallest absolute Gasteiger partial charge is 0.251 e. The van der Waals surface area contributed by atoms with Crippen LogP contribution >= 0.6 is 0 Å². The number of methoxy groups -OCH3 is 1. The summed E-state index contributed by atoms with van der Waals surface area (Å²) in [5, 5.41) is 25.7. The van der Waals surface area contributed by atoms with E-state index in [1.807, 2.05) is 0 Å². The number of hydrogen-bond donors (Lipinski definition) is 4. The van der Waals surface area contributed by atoms with Crippen molar-refractivity contribution in [3.8, 4) is 5.75 Å². The number of halogens is 1. The number of rotatable bonds is 8. The zero-order chi connectivity index (χ0) is 22.4. The second-order valence-electron chi connectivity index (χ2n) is 7.24. The average Bonchev–Trinajstić information content (AvgIpc) is 3.05. The third-order valence-corrected chi connectivity index (χ3v) is 5.07. The standard InChI is InChI=1S/C22H25FN2O6/c1-30-16-8-4-14(5-9-16)22(29)25-12-18-21(28)20(27)17(31-18)10-19(26)24-11-13-2-6-15(23)7-3-13/h2-9,17-18,20-21,27-28H,10-12H2,1H3,(H,24,26)(H,25,29)/t17-,18-,20-,21+/m0/s1. The van der Waals surface area contributed by atoms with Crippen LogP contribution in [0.4, 0.5) is 4.39 Å². The van der Waals surface area contributed by atoms with Crippen molar-refractivity contribution in [2.75, 3.05) is 13.7 Å². The molecular weight excluding hydrogens is 407 g/mol. The van der Waals surface area contributed by atoms with Gasteiger partial charge in [0, 0.05) is 18.7 Å². The first-order valence-corrected chi connectivity index (χ1v) is 9.82. The Kier molecular flexibility index (Phi) is 7.56. The number of carbonyl (C=O) groups excluding carboxylic acids is 2. The number of nitrogens with one attached hydrogen (secondary N) is 2. The highest BCUT2D eigenvalue weighted by Gasteiger charge is 2.43. The van der Waals surface area contributed by atoms with Gasteiger partial charge in [-0.1, -0.05) is 12.1 Å². The maximum absolute atomic E-state index is 12.9. The van der Waals surface area contributed by atoms with Crippen LogP contribution in [-0.4, -0.2) is 60.1 Å². The highest BCUT2D eigenvalue weighted by atomic mass is 19.1. The summed E-state index contributed by atoms with van der Waals surface area (Å²) in [6, 6.07) is 12.2. The summed E-state index contributed by atoms with van der Waals surface area (Å²) in [5.41, 5.74) is 1.13. The van der Waals surface area contributed by atoms with Crippen LogP contribution in [0, 0.1) is 5.82 Å². The van der Waals surface area contributed by atoms with Gasteiger partial charge in [-0.05, 0) is 42.0 Å². The SMILES string of the molecule is COc1ccc(C(=O)NC[C@@H]2O[C@@H](CC(=O)NCc3ccc(F)cc3)[C@H](O)[C@@H]2O)cc1. The monoisotopic (exact) mass is 432 g/mol. The molecule has 1 heterocycles. The van der Waals surface area contributed by atoms with E-state index in [0.29, 0.717) is 11.3 Å². The van der Waals surface area contributed by atoms with Crippen LogP contribution in [0.5, 0.6) is 5.75 Å². The highest BCUT2D eigenvalue weighted by Crippen LogP contribution is 2.23. The lowest BCUT2D eigenvalue weighted by atomic mass is 10.1. The lowest BCUT2D eigenvalue weighted by Crippen LogP contribution is -2.40. The summed E-state index contributed by atoms with van der Waals surface area (Å²) in [6.07, 6.45) is -4.44. The number of benzene rings is 2. The summed E-state index contributed by atoms with van der Waals surface area (Å²) < 4.78 is 23.6. The van der Waals surface area contributed by atoms with Crippen molar-refractivity contribution in [1.82, 2.24) is 10.6 Å². The Bertz CT molecular complexity index is 890. The molecule has 4 N–H and O–H groups in total. The van der Waals surface area contributed by atoms with E-state index in [0.717, 1.165) is 5.56 Å². The zero-order valence-corrected chi connectivity index (χ0v) is 17.0. The van der Waals surface area contributed by atoms with Gasteiger partial charge in [-0.2, -0.15) is 0 Å². The summed E-state index contributed by atoms with van der Waals surface area (Å²) >= 11 is 0. The molecule has 2 amide bonds. The van der Waals surface area contributed by atoms with Crippen LogP contribution in [0.2, 0.25) is 0 Å². The quantitative estimate of drug-likeness (QED) is 0.489. The second-order valence-corrected chi connectivity index (χ2v) is 7.24. The van der Waals surface area contributed by atoms with E-state index in [4.69, 9.17) is 9.47 Å². The van der Waals surface area contributed by atoms with Gasteiger partial charge in [0.15, 0.2) is 0 Å². The maximum atomic E-state index is 12.9. The van der Waals surface area contributed by atoms with Crippen LogP contribution in [0.25, 0.3) is 0 Å². The lowest BCUT2D eigenvalue weighted by molar-refractivity contribution is -0.125. The van der Waals surface area contributed by atoms with Gasteiger partial charge in [0.25, 0.3) is 5.91 Å². The molecule has 1 saturated heterocycles. The van der Waals surface area contributed by atoms with E-state index in [-0.39, 0.29) is 37.1 Å². The van der Waals surface area contributed by atoms with Crippen LogP contribution in [-0.2, 0) is 16.1 Å². The molecule has 1 aliphatic heterocycles. The van der Waals surface area contributed by atoms with Gasteiger partial charge in [-0.25, -0.2) is 4.39 Å². The Balaban J connectivity index is 1.46. The third-order valence-electron chi connectivity index (χ3n) is 5.07. The van der Waals surface area contributed by atoms with E-state index < -0.39 is 24.4 Å². The Hall–Kier alpha value is -3.01. The number of ether oxygens (including phenoxy) is 2. The molecule has 166 valence electrons. The van der Waals surface area contributed by atoms with Gasteiger partial charge in [0.1, 0.15) is 29.9 Å². The summed E-state index contributed by atoms with van der Waals surface area (Å²) in [6.45, 7) is 0.169. The summed E-state index contributed by atoms with van der Waals surface area (Å²) in [7, 11) is 1.53. The van der Waals surface area contributed by atoms with E-state index in [1.54, 1.807) is 36.4 Å².